The van der Waals surface area contributed by atoms with E-state index in [9.17, 15) is 13.5 Å². The van der Waals surface area contributed by atoms with Crippen LogP contribution >= 0.6 is 0 Å². The molecule has 1 atom stereocenters. The lowest BCUT2D eigenvalue weighted by atomic mass is 10.1. The van der Waals surface area contributed by atoms with Gasteiger partial charge in [0.2, 0.25) is 0 Å². The molecule has 1 N–H and O–H groups in total. The molecule has 1 aliphatic carbocycles. The largest absolute Gasteiger partial charge is 0.390 e. The van der Waals surface area contributed by atoms with Gasteiger partial charge >= 0.3 is 0 Å². The van der Waals surface area contributed by atoms with Crippen LogP contribution in [0.2, 0.25) is 0 Å². The van der Waals surface area contributed by atoms with Crippen LogP contribution in [-0.4, -0.2) is 31.5 Å². The van der Waals surface area contributed by atoms with Crippen LogP contribution in [-0.2, 0) is 14.3 Å². The van der Waals surface area contributed by atoms with Gasteiger partial charge in [-0.05, 0) is 19.8 Å². The Morgan fingerprint density at radius 2 is 2.08 bits per heavy atom. The molecule has 0 radical (unpaired) electrons. The second-order valence-electron chi connectivity index (χ2n) is 3.54. The predicted octanol–water partition coefficient (Wildman–Crippen LogP) is 0.266. The van der Waals surface area contributed by atoms with Crippen LogP contribution in [0.3, 0.4) is 0 Å². The lowest BCUT2D eigenvalue weighted by Gasteiger charge is -2.14. The van der Waals surface area contributed by atoms with Crippen LogP contribution in [0.15, 0.2) is 0 Å². The summed E-state index contributed by atoms with van der Waals surface area (Å²) in [4.78, 5) is 0. The zero-order valence-electron chi connectivity index (χ0n) is 7.28. The fourth-order valence-corrected chi connectivity index (χ4v) is 1.88. The normalized spacial score (nSPS) is 23.6. The molecule has 1 saturated carbocycles. The van der Waals surface area contributed by atoms with Crippen molar-refractivity contribution >= 4 is 10.1 Å². The van der Waals surface area contributed by atoms with Gasteiger partial charge in [-0.15, -0.1) is 0 Å². The third-order valence-electron chi connectivity index (χ3n) is 1.83. The third-order valence-corrected chi connectivity index (χ3v) is 2.51. The molecule has 0 aliphatic heterocycles. The van der Waals surface area contributed by atoms with E-state index in [0.717, 1.165) is 19.1 Å². The zero-order valence-corrected chi connectivity index (χ0v) is 8.10. The van der Waals surface area contributed by atoms with Gasteiger partial charge in [0.15, 0.2) is 0 Å². The first-order valence-electron chi connectivity index (χ1n) is 3.91. The minimum Gasteiger partial charge on any atom is -0.390 e. The van der Waals surface area contributed by atoms with Crippen molar-refractivity contribution in [2.75, 3.05) is 6.26 Å². The third kappa shape index (κ3) is 3.51. The summed E-state index contributed by atoms with van der Waals surface area (Å²) < 4.78 is 26.0. The van der Waals surface area contributed by atoms with Crippen molar-refractivity contribution in [2.45, 2.75) is 37.9 Å². The molecule has 0 amide bonds. The highest BCUT2D eigenvalue weighted by molar-refractivity contribution is 7.86. The summed E-state index contributed by atoms with van der Waals surface area (Å²) in [5.41, 5.74) is -0.649. The molecule has 1 aliphatic rings. The highest BCUT2D eigenvalue weighted by Crippen LogP contribution is 2.39. The maximum absolute atomic E-state index is 10.6. The lowest BCUT2D eigenvalue weighted by molar-refractivity contribution is 0.0880. The maximum Gasteiger partial charge on any atom is 0.264 e. The van der Waals surface area contributed by atoms with Gasteiger partial charge in [0.05, 0.1) is 18.0 Å². The summed E-state index contributed by atoms with van der Waals surface area (Å²) in [5.74, 6) is 0. The summed E-state index contributed by atoms with van der Waals surface area (Å²) in [5, 5.41) is 9.42. The van der Waals surface area contributed by atoms with Crippen molar-refractivity contribution < 1.29 is 17.7 Å². The van der Waals surface area contributed by atoms with E-state index in [0.29, 0.717) is 6.42 Å². The van der Waals surface area contributed by atoms with E-state index in [4.69, 9.17) is 0 Å². The molecule has 1 rings (SSSR count). The smallest absolute Gasteiger partial charge is 0.264 e. The SMILES string of the molecule is CC(CC1(O)CC1)OS(C)(=O)=O. The molecule has 0 heterocycles. The Labute approximate surface area is 72.7 Å². The highest BCUT2D eigenvalue weighted by atomic mass is 32.2. The molecule has 5 heteroatoms. The molecule has 12 heavy (non-hydrogen) atoms. The monoisotopic (exact) mass is 194 g/mol. The fourth-order valence-electron chi connectivity index (χ4n) is 1.22. The summed E-state index contributed by atoms with van der Waals surface area (Å²) in [6.07, 6.45) is 2.50. The van der Waals surface area contributed by atoms with Gasteiger partial charge in [-0.1, -0.05) is 0 Å². The standard InChI is InChI=1S/C7H14O4S/c1-6(11-12(2,9)10)5-7(8)3-4-7/h6,8H,3-5H2,1-2H3. The van der Waals surface area contributed by atoms with Crippen LogP contribution in [0.1, 0.15) is 26.2 Å². The second kappa shape index (κ2) is 2.97. The lowest BCUT2D eigenvalue weighted by Crippen LogP contribution is -2.21. The quantitative estimate of drug-likeness (QED) is 0.652. The van der Waals surface area contributed by atoms with Gasteiger partial charge in [-0.2, -0.15) is 8.42 Å². The highest BCUT2D eigenvalue weighted by Gasteiger charge is 2.41. The zero-order chi connectivity index (χ0) is 9.41. The van der Waals surface area contributed by atoms with Gasteiger partial charge in [0.1, 0.15) is 0 Å². The van der Waals surface area contributed by atoms with Gasteiger partial charge in [0.25, 0.3) is 10.1 Å². The first-order chi connectivity index (χ1) is 5.31. The van der Waals surface area contributed by atoms with E-state index in [2.05, 4.69) is 4.18 Å². The molecule has 0 saturated heterocycles. The van der Waals surface area contributed by atoms with E-state index in [1.54, 1.807) is 6.92 Å². The Bertz CT molecular complexity index is 253. The van der Waals surface area contributed by atoms with Crippen LogP contribution in [0.25, 0.3) is 0 Å². The molecule has 0 aromatic heterocycles. The molecule has 72 valence electrons. The second-order valence-corrected chi connectivity index (χ2v) is 5.14. The Balaban J connectivity index is 2.34. The number of hydrogen-bond acceptors (Lipinski definition) is 4. The molecule has 1 unspecified atom stereocenters. The summed E-state index contributed by atoms with van der Waals surface area (Å²) >= 11 is 0. The molecule has 0 aromatic rings. The van der Waals surface area contributed by atoms with Gasteiger partial charge < -0.3 is 5.11 Å². The van der Waals surface area contributed by atoms with E-state index in [-0.39, 0.29) is 0 Å². The molecule has 4 nitrogen and oxygen atoms in total. The molecule has 1 fully saturated rings. The molecular weight excluding hydrogens is 180 g/mol. The first-order valence-corrected chi connectivity index (χ1v) is 5.73. The Morgan fingerprint density at radius 3 is 2.42 bits per heavy atom. The molecule has 0 aromatic carbocycles. The van der Waals surface area contributed by atoms with Crippen LogP contribution in [0.5, 0.6) is 0 Å². The van der Waals surface area contributed by atoms with E-state index in [1.165, 1.54) is 0 Å². The average Bonchev–Trinajstić information content (AvgIpc) is 2.40. The van der Waals surface area contributed by atoms with Gasteiger partial charge in [-0.25, -0.2) is 0 Å². The number of rotatable bonds is 4. The van der Waals surface area contributed by atoms with Crippen molar-refractivity contribution in [2.24, 2.45) is 0 Å². The van der Waals surface area contributed by atoms with Crippen molar-refractivity contribution in [3.05, 3.63) is 0 Å². The molecule has 0 spiro atoms. The first kappa shape index (κ1) is 9.95. The topological polar surface area (TPSA) is 63.6 Å². The van der Waals surface area contributed by atoms with Crippen molar-refractivity contribution in [3.8, 4) is 0 Å². The summed E-state index contributed by atoms with van der Waals surface area (Å²) in [7, 11) is -3.38. The van der Waals surface area contributed by atoms with Crippen molar-refractivity contribution in [1.29, 1.82) is 0 Å². The van der Waals surface area contributed by atoms with Crippen LogP contribution in [0, 0.1) is 0 Å². The molecular formula is C7H14O4S. The number of hydrogen-bond donors (Lipinski definition) is 1. The summed E-state index contributed by atoms with van der Waals surface area (Å²) in [6, 6.07) is 0. The fraction of sp³-hybridized carbons (Fsp3) is 1.00. The summed E-state index contributed by atoms with van der Waals surface area (Å²) in [6.45, 7) is 1.65. The van der Waals surface area contributed by atoms with E-state index < -0.39 is 21.8 Å². The van der Waals surface area contributed by atoms with Crippen molar-refractivity contribution in [3.63, 3.8) is 0 Å². The average molecular weight is 194 g/mol. The molecule has 0 bridgehead atoms. The van der Waals surface area contributed by atoms with Crippen LogP contribution in [0.4, 0.5) is 0 Å². The predicted molar refractivity (Wildman–Crippen MR) is 44.2 cm³/mol. The number of aliphatic hydroxyl groups is 1. The Kier molecular flexibility index (Phi) is 2.47. The van der Waals surface area contributed by atoms with Gasteiger partial charge in [-0.3, -0.25) is 4.18 Å². The maximum atomic E-state index is 10.6. The Morgan fingerprint density at radius 1 is 1.58 bits per heavy atom. The minimum atomic E-state index is -3.38. The Hall–Kier alpha value is -0.130. The minimum absolute atomic E-state index is 0.403. The van der Waals surface area contributed by atoms with E-state index >= 15 is 0 Å². The van der Waals surface area contributed by atoms with Crippen LogP contribution < -0.4 is 0 Å². The van der Waals surface area contributed by atoms with Crippen molar-refractivity contribution in [1.82, 2.24) is 0 Å². The van der Waals surface area contributed by atoms with Gasteiger partial charge in [0, 0.05) is 6.42 Å². The van der Waals surface area contributed by atoms with E-state index in [1.807, 2.05) is 0 Å².